The summed E-state index contributed by atoms with van der Waals surface area (Å²) in [5, 5.41) is 11.8. The maximum Gasteiger partial charge on any atom is 0.305 e. The number of unbranched alkanes of at least 4 members (excludes halogenated alkanes) is 22. The zero-order chi connectivity index (χ0) is 43.4. The molecule has 0 aromatic rings. The molecule has 0 aliphatic heterocycles. The molecular formula is C51H99N5O3. The Hall–Kier alpha value is -2.27. The maximum atomic E-state index is 12.3. The Balaban J connectivity index is 4.55. The normalized spacial score (nSPS) is 12.2. The molecule has 0 fully saturated rings. The summed E-state index contributed by atoms with van der Waals surface area (Å²) in [5.74, 6) is 2.07. The molecule has 8 heteroatoms. The van der Waals surface area contributed by atoms with Gasteiger partial charge in [-0.1, -0.05) is 169 Å². The van der Waals surface area contributed by atoms with Crippen LogP contribution in [0.1, 0.15) is 240 Å². The molecule has 0 aromatic heterocycles. The molecule has 0 aliphatic carbocycles. The van der Waals surface area contributed by atoms with Gasteiger partial charge in [-0.2, -0.15) is 5.26 Å². The van der Waals surface area contributed by atoms with Gasteiger partial charge < -0.3 is 19.3 Å². The lowest BCUT2D eigenvalue weighted by Gasteiger charge is -2.22. The molecule has 0 amide bonds. The zero-order valence-electron chi connectivity index (χ0n) is 40.2. The van der Waals surface area contributed by atoms with E-state index in [4.69, 9.17) is 14.7 Å². The molecule has 346 valence electrons. The Morgan fingerprint density at radius 2 is 1.07 bits per heavy atom. The number of carbonyl (C=O) groups is 1. The fourth-order valence-electron chi connectivity index (χ4n) is 7.83. The minimum absolute atomic E-state index is 0.0245. The molecule has 59 heavy (non-hydrogen) atoms. The smallest absolute Gasteiger partial charge is 0.305 e. The van der Waals surface area contributed by atoms with Crippen LogP contribution in [0.5, 0.6) is 0 Å². The van der Waals surface area contributed by atoms with Crippen molar-refractivity contribution in [2.75, 3.05) is 46.9 Å². The van der Waals surface area contributed by atoms with Gasteiger partial charge >= 0.3 is 5.97 Å². The standard InChI is InChI=1S/C51H99N5O3/c1-8-11-14-17-23-30-38-49(39-31-24-18-15-12-9-2)59-48(5)37-29-22-19-26-33-42-56(44-35-41-53-51(54-46-52)55(6)7)43-34-27-20-25-32-40-50(57)58-45-47(4)36-28-21-16-13-10-3/h47,49H,5,8-45H2,1-4,6-7H3,(H,53,54). The molecule has 0 saturated heterocycles. The number of guanidine groups is 1. The highest BCUT2D eigenvalue weighted by Gasteiger charge is 2.12. The van der Waals surface area contributed by atoms with E-state index < -0.39 is 0 Å². The molecule has 0 radical (unpaired) electrons. The van der Waals surface area contributed by atoms with Gasteiger partial charge in [-0.3, -0.25) is 15.1 Å². The summed E-state index contributed by atoms with van der Waals surface area (Å²) in [7, 11) is 3.81. The Labute approximate surface area is 367 Å². The number of esters is 1. The lowest BCUT2D eigenvalue weighted by atomic mass is 10.0. The summed E-state index contributed by atoms with van der Waals surface area (Å²) in [6.45, 7) is 17.9. The maximum absolute atomic E-state index is 12.3. The molecule has 1 N–H and O–H groups in total. The van der Waals surface area contributed by atoms with Crippen LogP contribution in [0.2, 0.25) is 0 Å². The van der Waals surface area contributed by atoms with Crippen molar-refractivity contribution >= 4 is 11.9 Å². The van der Waals surface area contributed by atoms with Crippen molar-refractivity contribution in [1.82, 2.24) is 15.1 Å². The molecule has 1 unspecified atom stereocenters. The molecule has 0 heterocycles. The second-order valence-electron chi connectivity index (χ2n) is 17.9. The molecular weight excluding hydrogens is 731 g/mol. The van der Waals surface area contributed by atoms with Gasteiger partial charge in [-0.25, -0.2) is 0 Å². The summed E-state index contributed by atoms with van der Waals surface area (Å²) in [6.07, 6.45) is 42.6. The quantitative estimate of drug-likeness (QED) is 0.0124. The van der Waals surface area contributed by atoms with E-state index in [1.165, 1.54) is 173 Å². The van der Waals surface area contributed by atoms with Crippen LogP contribution in [-0.4, -0.2) is 74.7 Å². The van der Waals surface area contributed by atoms with E-state index in [2.05, 4.69) is 49.5 Å². The second-order valence-corrected chi connectivity index (χ2v) is 17.9. The number of hydrogen-bond acceptors (Lipinski definition) is 6. The minimum Gasteiger partial charge on any atom is -0.495 e. The summed E-state index contributed by atoms with van der Waals surface area (Å²) < 4.78 is 12.1. The number of aliphatic imine (C=N–C) groups is 1. The first-order valence-electron chi connectivity index (χ1n) is 25.4. The lowest BCUT2D eigenvalue weighted by Crippen LogP contribution is -2.34. The summed E-state index contributed by atoms with van der Waals surface area (Å²) in [5.41, 5.74) is 0. The van der Waals surface area contributed by atoms with E-state index >= 15 is 0 Å². The van der Waals surface area contributed by atoms with E-state index in [1.807, 2.05) is 25.2 Å². The lowest BCUT2D eigenvalue weighted by molar-refractivity contribution is -0.145. The fourth-order valence-corrected chi connectivity index (χ4v) is 7.83. The Kier molecular flexibility index (Phi) is 42.1. The highest BCUT2D eigenvalue weighted by Crippen LogP contribution is 2.21. The summed E-state index contributed by atoms with van der Waals surface area (Å²) in [4.78, 5) is 21.4. The third kappa shape index (κ3) is 39.6. The number of rotatable bonds is 44. The average molecular weight is 830 g/mol. The first-order valence-corrected chi connectivity index (χ1v) is 25.4. The first kappa shape index (κ1) is 56.7. The largest absolute Gasteiger partial charge is 0.495 e. The van der Waals surface area contributed by atoms with Crippen molar-refractivity contribution in [3.63, 3.8) is 0 Å². The Morgan fingerprint density at radius 3 is 1.58 bits per heavy atom. The van der Waals surface area contributed by atoms with Gasteiger partial charge in [0.2, 0.25) is 5.96 Å². The summed E-state index contributed by atoms with van der Waals surface area (Å²) in [6, 6.07) is 0. The predicted molar refractivity (Wildman–Crippen MR) is 255 cm³/mol. The van der Waals surface area contributed by atoms with Gasteiger partial charge in [-0.15, -0.1) is 0 Å². The molecule has 0 aromatic carbocycles. The zero-order valence-corrected chi connectivity index (χ0v) is 40.2. The van der Waals surface area contributed by atoms with E-state index in [1.54, 1.807) is 0 Å². The number of nitrogens with one attached hydrogen (secondary N) is 1. The third-order valence-corrected chi connectivity index (χ3v) is 11.7. The number of ether oxygens (including phenoxy) is 2. The van der Waals surface area contributed by atoms with Gasteiger partial charge in [0.1, 0.15) is 0 Å². The van der Waals surface area contributed by atoms with Crippen LogP contribution in [-0.2, 0) is 14.3 Å². The van der Waals surface area contributed by atoms with Crippen molar-refractivity contribution in [1.29, 1.82) is 5.26 Å². The van der Waals surface area contributed by atoms with Gasteiger partial charge in [0.05, 0.1) is 18.5 Å². The number of hydrogen-bond donors (Lipinski definition) is 1. The monoisotopic (exact) mass is 830 g/mol. The number of allylic oxidation sites excluding steroid dienone is 1. The summed E-state index contributed by atoms with van der Waals surface area (Å²) >= 11 is 0. The van der Waals surface area contributed by atoms with Crippen molar-refractivity contribution in [2.45, 2.75) is 246 Å². The SMILES string of the molecule is C=C(CCCCCCCN(CCCCCCCC(=O)OCC(C)CCCCCCC)CCCN=C(NC#N)N(C)C)OC(CCCCCCCC)CCCCCCCC. The molecule has 0 spiro atoms. The minimum atomic E-state index is -0.0245. The predicted octanol–water partition coefficient (Wildman–Crippen LogP) is 14.3. The molecule has 0 rings (SSSR count). The van der Waals surface area contributed by atoms with E-state index in [0.717, 1.165) is 57.5 Å². The fraction of sp³-hybridized carbons (Fsp3) is 0.902. The highest BCUT2D eigenvalue weighted by atomic mass is 16.5. The van der Waals surface area contributed by atoms with Gasteiger partial charge in [-0.05, 0) is 89.8 Å². The molecule has 0 aliphatic rings. The Morgan fingerprint density at radius 1 is 0.627 bits per heavy atom. The van der Waals surface area contributed by atoms with Gasteiger partial charge in [0.15, 0.2) is 6.19 Å². The van der Waals surface area contributed by atoms with E-state index in [0.29, 0.717) is 37.6 Å². The number of nitriles is 1. The van der Waals surface area contributed by atoms with Crippen LogP contribution in [0.4, 0.5) is 0 Å². The van der Waals surface area contributed by atoms with Crippen LogP contribution in [0.25, 0.3) is 0 Å². The van der Waals surface area contributed by atoms with E-state index in [-0.39, 0.29) is 5.97 Å². The van der Waals surface area contributed by atoms with Crippen molar-refractivity contribution < 1.29 is 14.3 Å². The van der Waals surface area contributed by atoms with Crippen molar-refractivity contribution in [3.8, 4) is 6.19 Å². The molecule has 1 atom stereocenters. The van der Waals surface area contributed by atoms with Crippen LogP contribution in [0.15, 0.2) is 17.3 Å². The second kappa shape index (κ2) is 43.8. The third-order valence-electron chi connectivity index (χ3n) is 11.7. The average Bonchev–Trinajstić information content (AvgIpc) is 3.22. The molecule has 8 nitrogen and oxygen atoms in total. The number of nitrogens with zero attached hydrogens (tertiary/aromatic N) is 4. The molecule has 0 saturated carbocycles. The number of carbonyl (C=O) groups excluding carboxylic acids is 1. The van der Waals surface area contributed by atoms with Gasteiger partial charge in [0.25, 0.3) is 0 Å². The van der Waals surface area contributed by atoms with Crippen LogP contribution >= 0.6 is 0 Å². The van der Waals surface area contributed by atoms with Crippen LogP contribution < -0.4 is 5.32 Å². The van der Waals surface area contributed by atoms with Gasteiger partial charge in [0, 0.05) is 33.5 Å². The highest BCUT2D eigenvalue weighted by molar-refractivity contribution is 5.80. The topological polar surface area (TPSA) is 90.2 Å². The van der Waals surface area contributed by atoms with Crippen LogP contribution in [0, 0.1) is 17.4 Å². The van der Waals surface area contributed by atoms with Crippen molar-refractivity contribution in [3.05, 3.63) is 12.3 Å². The van der Waals surface area contributed by atoms with Crippen molar-refractivity contribution in [2.24, 2.45) is 10.9 Å². The molecule has 0 bridgehead atoms. The van der Waals surface area contributed by atoms with E-state index in [9.17, 15) is 4.79 Å². The first-order chi connectivity index (χ1) is 28.8. The Bertz CT molecular complexity index is 996. The van der Waals surface area contributed by atoms with Crippen LogP contribution in [0.3, 0.4) is 0 Å².